The standard InChI is InChI=1S/C17H17Cl3N2O5S/c18-17(19,20)8-27-16(26)13-10(23)7-28-15-12(14(25)22(13)15)21-11(24)6-9-4-2-1-3-5-9/h1-5,10,12-13,15,23H,6-8H2,(H,21,24)/t10?,12-,13?,15-/m1/s1. The number of amides is 2. The fraction of sp³-hybridized carbons (Fsp3) is 0.471. The summed E-state index contributed by atoms with van der Waals surface area (Å²) in [6.07, 6.45) is -0.978. The molecule has 1 aromatic rings. The number of ether oxygens (including phenoxy) is 1. The van der Waals surface area contributed by atoms with Crippen LogP contribution >= 0.6 is 46.6 Å². The Hall–Kier alpha value is -1.19. The molecule has 0 radical (unpaired) electrons. The van der Waals surface area contributed by atoms with Crippen LogP contribution in [-0.2, 0) is 25.5 Å². The first-order valence-electron chi connectivity index (χ1n) is 8.36. The molecule has 1 aromatic carbocycles. The van der Waals surface area contributed by atoms with Gasteiger partial charge in [-0.3, -0.25) is 9.59 Å². The lowest BCUT2D eigenvalue weighted by Gasteiger charge is -2.53. The smallest absolute Gasteiger partial charge is 0.331 e. The molecule has 2 aliphatic heterocycles. The average molecular weight is 468 g/mol. The SMILES string of the molecule is O=C(Cc1ccccc1)N[C@@H]1C(=O)N2C(C(=O)OCC(Cl)(Cl)Cl)C(O)CS[C@H]12. The molecule has 0 aliphatic carbocycles. The fourth-order valence-corrected chi connectivity index (χ4v) is 4.59. The molecule has 0 spiro atoms. The molecule has 0 aromatic heterocycles. The third-order valence-corrected chi connectivity index (χ3v) is 6.03. The van der Waals surface area contributed by atoms with Gasteiger partial charge >= 0.3 is 5.97 Å². The van der Waals surface area contributed by atoms with Gasteiger partial charge in [0.25, 0.3) is 0 Å². The van der Waals surface area contributed by atoms with Gasteiger partial charge in [0.15, 0.2) is 6.04 Å². The van der Waals surface area contributed by atoms with Gasteiger partial charge in [0.2, 0.25) is 15.6 Å². The van der Waals surface area contributed by atoms with Crippen LogP contribution < -0.4 is 5.32 Å². The van der Waals surface area contributed by atoms with Crippen molar-refractivity contribution in [2.45, 2.75) is 33.8 Å². The van der Waals surface area contributed by atoms with Crippen LogP contribution in [0.15, 0.2) is 30.3 Å². The molecule has 28 heavy (non-hydrogen) atoms. The number of fused-ring (bicyclic) bond motifs is 1. The highest BCUT2D eigenvalue weighted by Gasteiger charge is 2.58. The van der Waals surface area contributed by atoms with Gasteiger partial charge in [0, 0.05) is 5.75 Å². The number of halogens is 3. The van der Waals surface area contributed by atoms with Gasteiger partial charge in [-0.1, -0.05) is 65.1 Å². The third kappa shape index (κ3) is 4.86. The molecule has 7 nitrogen and oxygen atoms in total. The lowest BCUT2D eigenvalue weighted by atomic mass is 9.99. The quantitative estimate of drug-likeness (QED) is 0.385. The van der Waals surface area contributed by atoms with E-state index in [2.05, 4.69) is 5.32 Å². The highest BCUT2D eigenvalue weighted by Crippen LogP contribution is 2.39. The summed E-state index contributed by atoms with van der Waals surface area (Å²) >= 11 is 18.0. The van der Waals surface area contributed by atoms with Crippen LogP contribution in [0.3, 0.4) is 0 Å². The molecule has 2 aliphatic rings. The zero-order valence-corrected chi connectivity index (χ0v) is 17.5. The summed E-state index contributed by atoms with van der Waals surface area (Å²) in [4.78, 5) is 38.3. The maximum atomic E-state index is 12.5. The van der Waals surface area contributed by atoms with Gasteiger partial charge in [-0.25, -0.2) is 4.79 Å². The van der Waals surface area contributed by atoms with E-state index < -0.39 is 45.8 Å². The van der Waals surface area contributed by atoms with Crippen LogP contribution in [0.4, 0.5) is 0 Å². The number of aliphatic hydroxyl groups excluding tert-OH is 1. The lowest BCUT2D eigenvalue weighted by molar-refractivity contribution is -0.171. The number of carbonyl (C=O) groups is 3. The zero-order valence-electron chi connectivity index (χ0n) is 14.4. The highest BCUT2D eigenvalue weighted by atomic mass is 35.6. The van der Waals surface area contributed by atoms with E-state index in [1.807, 2.05) is 30.3 Å². The summed E-state index contributed by atoms with van der Waals surface area (Å²) in [7, 11) is 0. The number of aliphatic hydroxyl groups is 1. The number of hydrogen-bond acceptors (Lipinski definition) is 6. The fourth-order valence-electron chi connectivity index (χ4n) is 3.08. The second kappa shape index (κ2) is 8.67. The van der Waals surface area contributed by atoms with Crippen LogP contribution in [0.1, 0.15) is 5.56 Å². The van der Waals surface area contributed by atoms with Crippen LogP contribution in [0.5, 0.6) is 0 Å². The van der Waals surface area contributed by atoms with Crippen LogP contribution in [-0.4, -0.2) is 67.5 Å². The number of alkyl halides is 3. The van der Waals surface area contributed by atoms with Gasteiger partial charge in [-0.2, -0.15) is 0 Å². The average Bonchev–Trinajstić information content (AvgIpc) is 2.64. The van der Waals surface area contributed by atoms with E-state index in [1.165, 1.54) is 16.7 Å². The molecule has 2 saturated heterocycles. The molecule has 0 bridgehead atoms. The van der Waals surface area contributed by atoms with Gasteiger partial charge in [-0.05, 0) is 5.56 Å². The predicted molar refractivity (Wildman–Crippen MR) is 106 cm³/mol. The number of carbonyl (C=O) groups excluding carboxylic acids is 3. The summed E-state index contributed by atoms with van der Waals surface area (Å²) < 4.78 is 3.13. The van der Waals surface area contributed by atoms with E-state index >= 15 is 0 Å². The Balaban J connectivity index is 1.61. The second-order valence-electron chi connectivity index (χ2n) is 6.41. The van der Waals surface area contributed by atoms with E-state index in [-0.39, 0.29) is 18.1 Å². The summed E-state index contributed by atoms with van der Waals surface area (Å²) in [5, 5.41) is 12.4. The van der Waals surface area contributed by atoms with Crippen LogP contribution in [0.25, 0.3) is 0 Å². The van der Waals surface area contributed by atoms with E-state index in [4.69, 9.17) is 39.5 Å². The predicted octanol–water partition coefficient (Wildman–Crippen LogP) is 1.27. The normalized spacial score (nSPS) is 26.9. The van der Waals surface area contributed by atoms with E-state index in [9.17, 15) is 19.5 Å². The number of thioether (sulfide) groups is 1. The number of rotatable bonds is 5. The summed E-state index contributed by atoms with van der Waals surface area (Å²) in [5.74, 6) is -1.42. The molecule has 2 heterocycles. The summed E-state index contributed by atoms with van der Waals surface area (Å²) in [5.41, 5.74) is 0.823. The molecule has 3 rings (SSSR count). The largest absolute Gasteiger partial charge is 0.460 e. The molecule has 2 unspecified atom stereocenters. The number of β-lactam (4-membered cyclic amide) rings is 1. The number of esters is 1. The van der Waals surface area contributed by atoms with E-state index in [1.54, 1.807) is 0 Å². The molecule has 2 N–H and O–H groups in total. The third-order valence-electron chi connectivity index (χ3n) is 4.33. The van der Waals surface area contributed by atoms with Crippen molar-refractivity contribution < 1.29 is 24.2 Å². The van der Waals surface area contributed by atoms with Crippen molar-refractivity contribution in [2.75, 3.05) is 12.4 Å². The van der Waals surface area contributed by atoms with Crippen molar-refractivity contribution in [3.63, 3.8) is 0 Å². The maximum Gasteiger partial charge on any atom is 0.331 e. The van der Waals surface area contributed by atoms with Gasteiger partial charge in [-0.15, -0.1) is 11.8 Å². The summed E-state index contributed by atoms with van der Waals surface area (Å²) in [6.45, 7) is -0.503. The van der Waals surface area contributed by atoms with E-state index in [0.717, 1.165) is 5.56 Å². The van der Waals surface area contributed by atoms with Crippen molar-refractivity contribution in [2.24, 2.45) is 0 Å². The molecule has 0 saturated carbocycles. The Morgan fingerprint density at radius 1 is 1.29 bits per heavy atom. The Morgan fingerprint density at radius 3 is 2.61 bits per heavy atom. The summed E-state index contributed by atoms with van der Waals surface area (Å²) in [6, 6.07) is 7.16. The van der Waals surface area contributed by atoms with Crippen molar-refractivity contribution in [1.82, 2.24) is 10.2 Å². The molecule has 152 valence electrons. The van der Waals surface area contributed by atoms with E-state index in [0.29, 0.717) is 0 Å². The Kier molecular flexibility index (Phi) is 6.66. The topological polar surface area (TPSA) is 95.9 Å². The number of hydrogen-bond donors (Lipinski definition) is 2. The molecule has 2 fully saturated rings. The minimum Gasteiger partial charge on any atom is -0.460 e. The number of benzene rings is 1. The van der Waals surface area contributed by atoms with Crippen molar-refractivity contribution in [1.29, 1.82) is 0 Å². The van der Waals surface area contributed by atoms with Gasteiger partial charge < -0.3 is 20.1 Å². The first-order chi connectivity index (χ1) is 13.2. The molecule has 11 heteroatoms. The molecular weight excluding hydrogens is 451 g/mol. The molecular formula is C17H17Cl3N2O5S. The van der Waals surface area contributed by atoms with Crippen LogP contribution in [0, 0.1) is 0 Å². The maximum absolute atomic E-state index is 12.5. The first-order valence-corrected chi connectivity index (χ1v) is 10.5. The van der Waals surface area contributed by atoms with Crippen LogP contribution in [0.2, 0.25) is 0 Å². The molecule has 4 atom stereocenters. The second-order valence-corrected chi connectivity index (χ2v) is 10.1. The number of nitrogens with one attached hydrogen (secondary N) is 1. The minimum atomic E-state index is -1.80. The Labute approximate surface area is 180 Å². The van der Waals surface area contributed by atoms with Crippen molar-refractivity contribution >= 4 is 64.3 Å². The molecule has 2 amide bonds. The highest BCUT2D eigenvalue weighted by molar-refractivity contribution is 8.00. The van der Waals surface area contributed by atoms with Gasteiger partial charge in [0.05, 0.1) is 12.5 Å². The van der Waals surface area contributed by atoms with Crippen molar-refractivity contribution in [3.05, 3.63) is 35.9 Å². The van der Waals surface area contributed by atoms with Gasteiger partial charge in [0.1, 0.15) is 18.0 Å². The Bertz CT molecular complexity index is 761. The minimum absolute atomic E-state index is 0.138. The van der Waals surface area contributed by atoms with Crippen molar-refractivity contribution in [3.8, 4) is 0 Å². The lowest BCUT2D eigenvalue weighted by Crippen LogP contribution is -2.76. The zero-order chi connectivity index (χ0) is 20.5. The Morgan fingerprint density at radius 2 is 1.96 bits per heavy atom. The monoisotopic (exact) mass is 466 g/mol. The number of nitrogens with zero attached hydrogens (tertiary/aromatic N) is 1. The first kappa shape index (κ1) is 21.5.